The summed E-state index contributed by atoms with van der Waals surface area (Å²) in [6.45, 7) is 6.66. The molecule has 0 saturated heterocycles. The van der Waals surface area contributed by atoms with Crippen molar-refractivity contribution in [3.05, 3.63) is 21.9 Å². The third-order valence-electron chi connectivity index (χ3n) is 2.47. The highest BCUT2D eigenvalue weighted by Gasteiger charge is 2.19. The van der Waals surface area contributed by atoms with Crippen molar-refractivity contribution in [1.82, 2.24) is 4.90 Å². The number of amides is 1. The fourth-order valence-electron chi connectivity index (χ4n) is 1.60. The van der Waals surface area contributed by atoms with Crippen LogP contribution in [-0.2, 0) is 11.3 Å². The molecule has 3 nitrogen and oxygen atoms in total. The highest BCUT2D eigenvalue weighted by molar-refractivity contribution is 7.10. The predicted octanol–water partition coefficient (Wildman–Crippen LogP) is 2.49. The molecular weight excluding hydrogens is 258 g/mol. The summed E-state index contributed by atoms with van der Waals surface area (Å²) in [7, 11) is 1.82. The smallest absolute Gasteiger partial charge is 0.223 e. The molecule has 19 heavy (non-hydrogen) atoms. The van der Waals surface area contributed by atoms with Gasteiger partial charge in [-0.1, -0.05) is 32.6 Å². The Balaban J connectivity index is 2.59. The van der Waals surface area contributed by atoms with E-state index in [1.807, 2.05) is 18.5 Å². The van der Waals surface area contributed by atoms with Crippen LogP contribution in [0.3, 0.4) is 0 Å². The lowest BCUT2D eigenvalue weighted by atomic mass is 9.91. The van der Waals surface area contributed by atoms with E-state index < -0.39 is 0 Å². The van der Waals surface area contributed by atoms with E-state index in [2.05, 4.69) is 32.6 Å². The molecule has 1 N–H and O–H groups in total. The predicted molar refractivity (Wildman–Crippen MR) is 78.8 cm³/mol. The Morgan fingerprint density at radius 3 is 2.74 bits per heavy atom. The number of carbonyl (C=O) groups is 1. The number of carbonyl (C=O) groups excluding carboxylic acids is 1. The minimum absolute atomic E-state index is 0.0117. The van der Waals surface area contributed by atoms with Gasteiger partial charge in [-0.25, -0.2) is 0 Å². The van der Waals surface area contributed by atoms with Crippen molar-refractivity contribution < 1.29 is 9.90 Å². The van der Waals surface area contributed by atoms with Gasteiger partial charge in [0, 0.05) is 20.0 Å². The summed E-state index contributed by atoms with van der Waals surface area (Å²) in [4.78, 5) is 14.7. The van der Waals surface area contributed by atoms with Crippen LogP contribution in [0.5, 0.6) is 0 Å². The maximum absolute atomic E-state index is 12.0. The van der Waals surface area contributed by atoms with Gasteiger partial charge < -0.3 is 10.0 Å². The summed E-state index contributed by atoms with van der Waals surface area (Å²) in [6.07, 6.45) is 0.546. The molecular formula is C15H21NO2S. The maximum Gasteiger partial charge on any atom is 0.223 e. The van der Waals surface area contributed by atoms with Crippen LogP contribution in [0.25, 0.3) is 0 Å². The minimum atomic E-state index is -0.128. The topological polar surface area (TPSA) is 40.5 Å². The molecule has 4 heteroatoms. The Morgan fingerprint density at radius 2 is 2.16 bits per heavy atom. The number of hydrogen-bond acceptors (Lipinski definition) is 3. The second-order valence-corrected chi connectivity index (χ2v) is 6.68. The van der Waals surface area contributed by atoms with Crippen molar-refractivity contribution >= 4 is 17.2 Å². The van der Waals surface area contributed by atoms with Crippen LogP contribution in [0.4, 0.5) is 0 Å². The SMILES string of the molecule is CN(Cc1csc(C#CCO)c1)C(=O)CC(C)(C)C. The molecule has 0 spiro atoms. The summed E-state index contributed by atoms with van der Waals surface area (Å²) in [6, 6.07) is 1.97. The molecule has 1 heterocycles. The molecule has 0 radical (unpaired) electrons. The molecule has 0 aromatic carbocycles. The number of hydrogen-bond donors (Lipinski definition) is 1. The summed E-state index contributed by atoms with van der Waals surface area (Å²) in [5, 5.41) is 10.6. The molecule has 0 aliphatic carbocycles. The Morgan fingerprint density at radius 1 is 1.47 bits per heavy atom. The molecule has 1 aromatic rings. The highest BCUT2D eigenvalue weighted by atomic mass is 32.1. The van der Waals surface area contributed by atoms with E-state index in [9.17, 15) is 4.79 Å². The Kier molecular flexibility index (Phi) is 5.59. The number of aliphatic hydroxyl groups excluding tert-OH is 1. The summed E-state index contributed by atoms with van der Waals surface area (Å²) in [5.41, 5.74) is 1.09. The Bertz CT molecular complexity index is 488. The number of rotatable bonds is 3. The average Bonchev–Trinajstić information content (AvgIpc) is 2.71. The highest BCUT2D eigenvalue weighted by Crippen LogP contribution is 2.21. The molecule has 0 aliphatic heterocycles. The summed E-state index contributed by atoms with van der Waals surface area (Å²) >= 11 is 1.53. The monoisotopic (exact) mass is 279 g/mol. The van der Waals surface area contributed by atoms with E-state index in [0.29, 0.717) is 13.0 Å². The zero-order chi connectivity index (χ0) is 14.5. The van der Waals surface area contributed by atoms with Gasteiger partial charge in [0.1, 0.15) is 6.61 Å². The second-order valence-electron chi connectivity index (χ2n) is 5.77. The first-order chi connectivity index (χ1) is 8.81. The Labute approximate surface area is 119 Å². The minimum Gasteiger partial charge on any atom is -0.384 e. The fourth-order valence-corrected chi connectivity index (χ4v) is 2.37. The number of thiophene rings is 1. The molecule has 1 aromatic heterocycles. The first-order valence-electron chi connectivity index (χ1n) is 6.23. The molecule has 1 amide bonds. The maximum atomic E-state index is 12.0. The molecule has 0 saturated carbocycles. The Hall–Kier alpha value is -1.31. The van der Waals surface area contributed by atoms with Crippen LogP contribution in [-0.4, -0.2) is 29.6 Å². The molecule has 0 atom stereocenters. The van der Waals surface area contributed by atoms with Gasteiger partial charge in [-0.05, 0) is 22.4 Å². The number of nitrogens with zero attached hydrogens (tertiary/aromatic N) is 1. The normalized spacial score (nSPS) is 10.8. The molecule has 0 unspecified atom stereocenters. The zero-order valence-electron chi connectivity index (χ0n) is 12.0. The van der Waals surface area contributed by atoms with Gasteiger partial charge >= 0.3 is 0 Å². The van der Waals surface area contributed by atoms with Gasteiger partial charge in [0.15, 0.2) is 0 Å². The third-order valence-corrected chi connectivity index (χ3v) is 3.37. The van der Waals surface area contributed by atoms with E-state index >= 15 is 0 Å². The van der Waals surface area contributed by atoms with Gasteiger partial charge in [-0.2, -0.15) is 0 Å². The average molecular weight is 279 g/mol. The van der Waals surface area contributed by atoms with Gasteiger partial charge in [0.25, 0.3) is 0 Å². The molecule has 0 bridgehead atoms. The van der Waals surface area contributed by atoms with E-state index in [1.54, 1.807) is 4.90 Å². The van der Waals surface area contributed by atoms with Crippen molar-refractivity contribution in [2.45, 2.75) is 33.7 Å². The molecule has 0 fully saturated rings. The molecule has 0 aliphatic rings. The fraction of sp³-hybridized carbons (Fsp3) is 0.533. The lowest BCUT2D eigenvalue weighted by molar-refractivity contribution is -0.132. The number of aliphatic hydroxyl groups is 1. The van der Waals surface area contributed by atoms with E-state index in [-0.39, 0.29) is 17.9 Å². The summed E-state index contributed by atoms with van der Waals surface area (Å²) < 4.78 is 0. The van der Waals surface area contributed by atoms with Crippen LogP contribution in [0, 0.1) is 17.3 Å². The second kappa shape index (κ2) is 6.74. The van der Waals surface area contributed by atoms with Crippen molar-refractivity contribution in [2.24, 2.45) is 5.41 Å². The third kappa shape index (κ3) is 5.91. The molecule has 1 rings (SSSR count). The standard InChI is InChI=1S/C15H21NO2S/c1-15(2,3)9-14(18)16(4)10-12-8-13(19-11-12)6-5-7-17/h8,11,17H,7,9-10H2,1-4H3. The van der Waals surface area contributed by atoms with Crippen LogP contribution < -0.4 is 0 Å². The van der Waals surface area contributed by atoms with Crippen molar-refractivity contribution in [1.29, 1.82) is 0 Å². The zero-order valence-corrected chi connectivity index (χ0v) is 12.8. The van der Waals surface area contributed by atoms with E-state index in [1.165, 1.54) is 11.3 Å². The quantitative estimate of drug-likeness (QED) is 0.864. The van der Waals surface area contributed by atoms with Gasteiger partial charge in [-0.3, -0.25) is 4.79 Å². The first-order valence-corrected chi connectivity index (χ1v) is 7.11. The summed E-state index contributed by atoms with van der Waals surface area (Å²) in [5.74, 6) is 5.65. The van der Waals surface area contributed by atoms with Crippen LogP contribution in [0.1, 0.15) is 37.6 Å². The van der Waals surface area contributed by atoms with Gasteiger partial charge in [0.05, 0.1) is 4.88 Å². The van der Waals surface area contributed by atoms with Crippen LogP contribution in [0.2, 0.25) is 0 Å². The van der Waals surface area contributed by atoms with Crippen molar-refractivity contribution in [3.8, 4) is 11.8 Å². The lowest BCUT2D eigenvalue weighted by Crippen LogP contribution is -2.29. The largest absolute Gasteiger partial charge is 0.384 e. The van der Waals surface area contributed by atoms with E-state index in [0.717, 1.165) is 10.4 Å². The molecule has 104 valence electrons. The van der Waals surface area contributed by atoms with Gasteiger partial charge in [0.2, 0.25) is 5.91 Å². The van der Waals surface area contributed by atoms with E-state index in [4.69, 9.17) is 5.11 Å². The lowest BCUT2D eigenvalue weighted by Gasteiger charge is -2.23. The van der Waals surface area contributed by atoms with Crippen LogP contribution >= 0.6 is 11.3 Å². The first kappa shape index (κ1) is 15.7. The van der Waals surface area contributed by atoms with Gasteiger partial charge in [-0.15, -0.1) is 11.3 Å². The van der Waals surface area contributed by atoms with Crippen molar-refractivity contribution in [2.75, 3.05) is 13.7 Å². The van der Waals surface area contributed by atoms with Crippen molar-refractivity contribution in [3.63, 3.8) is 0 Å². The van der Waals surface area contributed by atoms with Crippen LogP contribution in [0.15, 0.2) is 11.4 Å².